The molecule has 0 radical (unpaired) electrons. The molecule has 0 aliphatic heterocycles. The Morgan fingerprint density at radius 1 is 1.06 bits per heavy atom. The number of sulfonamides is 1. The minimum Gasteiger partial charge on any atom is -0.395 e. The summed E-state index contributed by atoms with van der Waals surface area (Å²) in [5.41, 5.74) is 0. The molecule has 5 nitrogen and oxygen atoms in total. The predicted octanol–water partition coefficient (Wildman–Crippen LogP) is -0.199. The average Bonchev–Trinajstić information content (AvgIpc) is 2.29. The Labute approximate surface area is 99.2 Å². The van der Waals surface area contributed by atoms with E-state index in [4.69, 9.17) is 10.2 Å². The van der Waals surface area contributed by atoms with Gasteiger partial charge in [-0.05, 0) is 24.3 Å². The molecule has 0 spiro atoms. The molecule has 2 N–H and O–H groups in total. The summed E-state index contributed by atoms with van der Waals surface area (Å²) in [6.45, 7) is -0.915. The lowest BCUT2D eigenvalue weighted by atomic mass is 10.4. The van der Waals surface area contributed by atoms with Gasteiger partial charge in [-0.3, -0.25) is 0 Å². The van der Waals surface area contributed by atoms with Gasteiger partial charge in [0.1, 0.15) is 5.82 Å². The van der Waals surface area contributed by atoms with Gasteiger partial charge in [0.15, 0.2) is 0 Å². The molecule has 0 saturated carbocycles. The third-order valence-corrected chi connectivity index (χ3v) is 4.06. The van der Waals surface area contributed by atoms with E-state index >= 15 is 0 Å². The zero-order valence-corrected chi connectivity index (χ0v) is 9.90. The van der Waals surface area contributed by atoms with E-state index in [1.807, 2.05) is 0 Å². The first-order valence-corrected chi connectivity index (χ1v) is 6.44. The van der Waals surface area contributed by atoms with Gasteiger partial charge in [-0.15, -0.1) is 0 Å². The van der Waals surface area contributed by atoms with Crippen molar-refractivity contribution in [3.05, 3.63) is 30.1 Å². The fraction of sp³-hybridized carbons (Fsp3) is 0.400. The molecule has 1 aromatic rings. The summed E-state index contributed by atoms with van der Waals surface area (Å²) >= 11 is 0. The lowest BCUT2D eigenvalue weighted by molar-refractivity contribution is 0.217. The second-order valence-electron chi connectivity index (χ2n) is 3.31. The van der Waals surface area contributed by atoms with Crippen molar-refractivity contribution in [1.82, 2.24) is 4.31 Å². The maximum atomic E-state index is 12.7. The van der Waals surface area contributed by atoms with Crippen molar-refractivity contribution in [2.45, 2.75) is 4.90 Å². The molecule has 7 heteroatoms. The molecular formula is C10H14FNO4S. The summed E-state index contributed by atoms with van der Waals surface area (Å²) in [4.78, 5) is -0.0687. The lowest BCUT2D eigenvalue weighted by Gasteiger charge is -2.20. The van der Waals surface area contributed by atoms with Gasteiger partial charge >= 0.3 is 0 Å². The van der Waals surface area contributed by atoms with Crippen molar-refractivity contribution in [3.8, 4) is 0 Å². The van der Waals surface area contributed by atoms with E-state index in [0.29, 0.717) is 0 Å². The van der Waals surface area contributed by atoms with E-state index in [1.54, 1.807) is 0 Å². The van der Waals surface area contributed by atoms with Gasteiger partial charge in [-0.25, -0.2) is 12.8 Å². The molecule has 0 bridgehead atoms. The van der Waals surface area contributed by atoms with Crippen LogP contribution in [0.3, 0.4) is 0 Å². The number of hydrogen-bond donors (Lipinski definition) is 2. The Morgan fingerprint density at radius 3 is 1.94 bits per heavy atom. The van der Waals surface area contributed by atoms with Crippen LogP contribution in [0.5, 0.6) is 0 Å². The SMILES string of the molecule is O=S(=O)(c1ccc(F)cc1)N(CCO)CCO. The number of benzene rings is 1. The second kappa shape index (κ2) is 6.06. The summed E-state index contributed by atoms with van der Waals surface area (Å²) < 4.78 is 37.6. The molecule has 0 fully saturated rings. The highest BCUT2D eigenvalue weighted by Gasteiger charge is 2.23. The number of hydrogen-bond acceptors (Lipinski definition) is 4. The van der Waals surface area contributed by atoms with Gasteiger partial charge in [-0.2, -0.15) is 4.31 Å². The molecule has 1 rings (SSSR count). The predicted molar refractivity (Wildman–Crippen MR) is 59.3 cm³/mol. The fourth-order valence-corrected chi connectivity index (χ4v) is 2.75. The summed E-state index contributed by atoms with van der Waals surface area (Å²) in [5.74, 6) is -0.528. The third-order valence-electron chi connectivity index (χ3n) is 2.15. The molecular weight excluding hydrogens is 249 g/mol. The first-order valence-electron chi connectivity index (χ1n) is 5.00. The smallest absolute Gasteiger partial charge is 0.243 e. The minimum atomic E-state index is -3.80. The van der Waals surface area contributed by atoms with Crippen LogP contribution in [0.2, 0.25) is 0 Å². The first kappa shape index (κ1) is 14.0. The van der Waals surface area contributed by atoms with Crippen LogP contribution in [0.15, 0.2) is 29.2 Å². The fourth-order valence-electron chi connectivity index (χ4n) is 1.33. The summed E-state index contributed by atoms with van der Waals surface area (Å²) in [7, 11) is -3.80. The summed E-state index contributed by atoms with van der Waals surface area (Å²) in [6, 6.07) is 4.38. The summed E-state index contributed by atoms with van der Waals surface area (Å²) in [6.07, 6.45) is 0. The van der Waals surface area contributed by atoms with E-state index in [9.17, 15) is 12.8 Å². The van der Waals surface area contributed by atoms with Gasteiger partial charge in [0.25, 0.3) is 0 Å². The number of halogens is 1. The van der Waals surface area contributed by atoms with E-state index in [2.05, 4.69) is 0 Å². The van der Waals surface area contributed by atoms with E-state index in [1.165, 1.54) is 0 Å². The number of nitrogens with zero attached hydrogens (tertiary/aromatic N) is 1. The van der Waals surface area contributed by atoms with Crippen molar-refractivity contribution in [2.24, 2.45) is 0 Å². The molecule has 0 atom stereocenters. The lowest BCUT2D eigenvalue weighted by Crippen LogP contribution is -2.35. The Balaban J connectivity index is 3.02. The highest BCUT2D eigenvalue weighted by molar-refractivity contribution is 7.89. The summed E-state index contributed by atoms with van der Waals surface area (Å²) in [5, 5.41) is 17.5. The Morgan fingerprint density at radius 2 is 1.53 bits per heavy atom. The average molecular weight is 263 g/mol. The molecule has 0 saturated heterocycles. The maximum absolute atomic E-state index is 12.7. The van der Waals surface area contributed by atoms with E-state index in [-0.39, 0.29) is 31.2 Å². The van der Waals surface area contributed by atoms with Gasteiger partial charge in [0, 0.05) is 13.1 Å². The van der Waals surface area contributed by atoms with Crippen LogP contribution in [-0.2, 0) is 10.0 Å². The highest BCUT2D eigenvalue weighted by atomic mass is 32.2. The Kier molecular flexibility index (Phi) is 5.01. The molecule has 0 amide bonds. The zero-order valence-electron chi connectivity index (χ0n) is 9.08. The van der Waals surface area contributed by atoms with Crippen LogP contribution in [0, 0.1) is 5.82 Å². The maximum Gasteiger partial charge on any atom is 0.243 e. The largest absolute Gasteiger partial charge is 0.395 e. The van der Waals surface area contributed by atoms with Crippen LogP contribution in [0.4, 0.5) is 4.39 Å². The van der Waals surface area contributed by atoms with Crippen LogP contribution in [0.25, 0.3) is 0 Å². The van der Waals surface area contributed by atoms with Gasteiger partial charge in [0.05, 0.1) is 18.1 Å². The number of rotatable bonds is 6. The van der Waals surface area contributed by atoms with Crippen molar-refractivity contribution >= 4 is 10.0 Å². The topological polar surface area (TPSA) is 77.8 Å². The monoisotopic (exact) mass is 263 g/mol. The van der Waals surface area contributed by atoms with Crippen molar-refractivity contribution < 1.29 is 23.0 Å². The molecule has 0 unspecified atom stereocenters. The quantitative estimate of drug-likeness (QED) is 0.745. The third kappa shape index (κ3) is 3.47. The molecule has 0 heterocycles. The standard InChI is InChI=1S/C10H14FNO4S/c11-9-1-3-10(4-2-9)17(15,16)12(5-7-13)6-8-14/h1-4,13-14H,5-8H2. The van der Waals surface area contributed by atoms with E-state index < -0.39 is 15.8 Å². The van der Waals surface area contributed by atoms with Crippen LogP contribution >= 0.6 is 0 Å². The van der Waals surface area contributed by atoms with Crippen LogP contribution < -0.4 is 0 Å². The molecule has 17 heavy (non-hydrogen) atoms. The van der Waals surface area contributed by atoms with Crippen molar-refractivity contribution in [3.63, 3.8) is 0 Å². The second-order valence-corrected chi connectivity index (χ2v) is 5.24. The molecule has 0 aliphatic carbocycles. The molecule has 0 aromatic heterocycles. The molecule has 96 valence electrons. The number of aliphatic hydroxyl groups is 2. The van der Waals surface area contributed by atoms with E-state index in [0.717, 1.165) is 28.6 Å². The van der Waals surface area contributed by atoms with Crippen molar-refractivity contribution in [2.75, 3.05) is 26.3 Å². The molecule has 1 aromatic carbocycles. The van der Waals surface area contributed by atoms with Crippen molar-refractivity contribution in [1.29, 1.82) is 0 Å². The van der Waals surface area contributed by atoms with Crippen LogP contribution in [-0.4, -0.2) is 49.2 Å². The molecule has 0 aliphatic rings. The Hall–Kier alpha value is -1.02. The first-order chi connectivity index (χ1) is 8.02. The number of aliphatic hydroxyl groups excluding tert-OH is 2. The van der Waals surface area contributed by atoms with Gasteiger partial charge in [-0.1, -0.05) is 0 Å². The zero-order chi connectivity index (χ0) is 12.9. The van der Waals surface area contributed by atoms with Crippen LogP contribution in [0.1, 0.15) is 0 Å². The van der Waals surface area contributed by atoms with Gasteiger partial charge in [0.2, 0.25) is 10.0 Å². The highest BCUT2D eigenvalue weighted by Crippen LogP contribution is 2.15. The Bertz CT molecular complexity index is 440. The minimum absolute atomic E-state index is 0.0687. The van der Waals surface area contributed by atoms with Gasteiger partial charge < -0.3 is 10.2 Å². The normalized spacial score (nSPS) is 12.0.